The molecule has 3 nitrogen and oxygen atoms in total. The van der Waals surface area contributed by atoms with Gasteiger partial charge in [-0.1, -0.05) is 6.07 Å². The first-order chi connectivity index (χ1) is 9.13. The van der Waals surface area contributed by atoms with Crippen LogP contribution in [-0.4, -0.2) is 7.11 Å². The smallest absolute Gasteiger partial charge is 0.133 e. The van der Waals surface area contributed by atoms with Crippen LogP contribution in [0.2, 0.25) is 0 Å². The molecule has 0 saturated heterocycles. The first-order valence-electron chi connectivity index (χ1n) is 5.75. The lowest BCUT2D eigenvalue weighted by Gasteiger charge is -2.10. The van der Waals surface area contributed by atoms with Gasteiger partial charge < -0.3 is 10.1 Å². The Kier molecular flexibility index (Phi) is 4.08. The maximum Gasteiger partial charge on any atom is 0.133 e. The van der Waals surface area contributed by atoms with Gasteiger partial charge in [0.1, 0.15) is 11.8 Å². The monoisotopic (exact) mass is 316 g/mol. The minimum atomic E-state index is 0.631. The van der Waals surface area contributed by atoms with Gasteiger partial charge in [0.25, 0.3) is 0 Å². The number of rotatable bonds is 3. The lowest BCUT2D eigenvalue weighted by Crippen LogP contribution is -1.95. The molecule has 0 fully saturated rings. The second-order valence-corrected chi connectivity index (χ2v) is 4.99. The molecule has 0 aromatic heterocycles. The number of ether oxygens (including phenoxy) is 1. The van der Waals surface area contributed by atoms with E-state index in [1.807, 2.05) is 43.3 Å². The summed E-state index contributed by atoms with van der Waals surface area (Å²) >= 11 is 3.44. The lowest BCUT2D eigenvalue weighted by atomic mass is 10.1. The van der Waals surface area contributed by atoms with Gasteiger partial charge in [0, 0.05) is 5.69 Å². The van der Waals surface area contributed by atoms with E-state index in [0.29, 0.717) is 5.56 Å². The molecule has 0 bridgehead atoms. The first-order valence-corrected chi connectivity index (χ1v) is 6.54. The molecule has 4 heteroatoms. The van der Waals surface area contributed by atoms with Gasteiger partial charge >= 0.3 is 0 Å². The van der Waals surface area contributed by atoms with E-state index in [1.54, 1.807) is 7.11 Å². The Morgan fingerprint density at radius 3 is 2.63 bits per heavy atom. The molecule has 0 saturated carbocycles. The van der Waals surface area contributed by atoms with Crippen LogP contribution in [0.25, 0.3) is 0 Å². The molecule has 0 aliphatic carbocycles. The number of halogens is 1. The van der Waals surface area contributed by atoms with Gasteiger partial charge in [0.2, 0.25) is 0 Å². The van der Waals surface area contributed by atoms with E-state index < -0.39 is 0 Å². The van der Waals surface area contributed by atoms with Crippen LogP contribution < -0.4 is 10.1 Å². The highest BCUT2D eigenvalue weighted by Gasteiger charge is 2.05. The van der Waals surface area contributed by atoms with Crippen molar-refractivity contribution in [2.75, 3.05) is 12.4 Å². The van der Waals surface area contributed by atoms with Crippen molar-refractivity contribution < 1.29 is 4.74 Å². The topological polar surface area (TPSA) is 45.0 Å². The van der Waals surface area contributed by atoms with Crippen molar-refractivity contribution in [3.63, 3.8) is 0 Å². The van der Waals surface area contributed by atoms with Crippen molar-refractivity contribution in [1.29, 1.82) is 5.26 Å². The number of hydrogen-bond acceptors (Lipinski definition) is 3. The average Bonchev–Trinajstić information content (AvgIpc) is 2.41. The molecule has 19 heavy (non-hydrogen) atoms. The SMILES string of the molecule is COc1ccc(Nc2ccc(C)cc2C#N)cc1Br. The van der Waals surface area contributed by atoms with E-state index in [1.165, 1.54) is 0 Å². The van der Waals surface area contributed by atoms with Gasteiger partial charge in [0.05, 0.1) is 22.8 Å². The number of hydrogen-bond donors (Lipinski definition) is 1. The Balaban J connectivity index is 2.31. The Hall–Kier alpha value is -1.99. The van der Waals surface area contributed by atoms with Gasteiger partial charge in [-0.15, -0.1) is 0 Å². The Labute approximate surface area is 121 Å². The third kappa shape index (κ3) is 3.07. The molecular formula is C15H13BrN2O. The number of anilines is 2. The largest absolute Gasteiger partial charge is 0.496 e. The summed E-state index contributed by atoms with van der Waals surface area (Å²) in [6, 6.07) is 13.6. The number of aryl methyl sites for hydroxylation is 1. The summed E-state index contributed by atoms with van der Waals surface area (Å²) in [5.74, 6) is 0.773. The fourth-order valence-corrected chi connectivity index (χ4v) is 2.30. The van der Waals surface area contributed by atoms with Crippen LogP contribution in [0, 0.1) is 18.3 Å². The molecule has 0 aliphatic rings. The third-order valence-electron chi connectivity index (χ3n) is 2.73. The summed E-state index contributed by atoms with van der Waals surface area (Å²) in [6.07, 6.45) is 0. The summed E-state index contributed by atoms with van der Waals surface area (Å²) in [5.41, 5.74) is 3.39. The van der Waals surface area contributed by atoms with E-state index in [4.69, 9.17) is 10.00 Å². The van der Waals surface area contributed by atoms with Crippen molar-refractivity contribution >= 4 is 27.3 Å². The fourth-order valence-electron chi connectivity index (χ4n) is 1.76. The van der Waals surface area contributed by atoms with Crippen LogP contribution in [-0.2, 0) is 0 Å². The molecule has 0 spiro atoms. The molecular weight excluding hydrogens is 304 g/mol. The zero-order chi connectivity index (χ0) is 13.8. The van der Waals surface area contributed by atoms with Crippen LogP contribution in [0.1, 0.15) is 11.1 Å². The van der Waals surface area contributed by atoms with Gasteiger partial charge in [-0.2, -0.15) is 5.26 Å². The van der Waals surface area contributed by atoms with Crippen LogP contribution in [0.5, 0.6) is 5.75 Å². The average molecular weight is 317 g/mol. The van der Waals surface area contributed by atoms with Crippen LogP contribution in [0.3, 0.4) is 0 Å². The van der Waals surface area contributed by atoms with E-state index >= 15 is 0 Å². The van der Waals surface area contributed by atoms with Gasteiger partial charge in [0.15, 0.2) is 0 Å². The predicted octanol–water partition coefficient (Wildman–Crippen LogP) is 4.38. The highest BCUT2D eigenvalue weighted by molar-refractivity contribution is 9.10. The fraction of sp³-hybridized carbons (Fsp3) is 0.133. The highest BCUT2D eigenvalue weighted by Crippen LogP contribution is 2.30. The Bertz CT molecular complexity index is 647. The molecule has 1 N–H and O–H groups in total. The maximum atomic E-state index is 9.14. The number of methoxy groups -OCH3 is 1. The Morgan fingerprint density at radius 1 is 1.21 bits per heavy atom. The zero-order valence-electron chi connectivity index (χ0n) is 10.7. The maximum absolute atomic E-state index is 9.14. The number of benzene rings is 2. The molecule has 0 heterocycles. The predicted molar refractivity (Wildman–Crippen MR) is 79.9 cm³/mol. The Morgan fingerprint density at radius 2 is 2.00 bits per heavy atom. The second-order valence-electron chi connectivity index (χ2n) is 4.14. The summed E-state index contributed by atoms with van der Waals surface area (Å²) in [6.45, 7) is 1.97. The molecule has 0 radical (unpaired) electrons. The highest BCUT2D eigenvalue weighted by atomic mass is 79.9. The molecule has 0 unspecified atom stereocenters. The van der Waals surface area contributed by atoms with E-state index in [-0.39, 0.29) is 0 Å². The van der Waals surface area contributed by atoms with Crippen LogP contribution >= 0.6 is 15.9 Å². The third-order valence-corrected chi connectivity index (χ3v) is 3.35. The molecule has 0 aliphatic heterocycles. The standard InChI is InChI=1S/C15H13BrN2O/c1-10-3-5-14(11(7-10)9-17)18-12-4-6-15(19-2)13(16)8-12/h3-8,18H,1-2H3. The van der Waals surface area contributed by atoms with Crippen molar-refractivity contribution in [1.82, 2.24) is 0 Å². The number of nitrogens with one attached hydrogen (secondary N) is 1. The van der Waals surface area contributed by atoms with Crippen molar-refractivity contribution in [3.05, 3.63) is 52.0 Å². The second kappa shape index (κ2) is 5.77. The van der Waals surface area contributed by atoms with Crippen molar-refractivity contribution in [3.8, 4) is 11.8 Å². The molecule has 2 rings (SSSR count). The lowest BCUT2D eigenvalue weighted by molar-refractivity contribution is 0.412. The normalized spacial score (nSPS) is 9.79. The molecule has 96 valence electrons. The van der Waals surface area contributed by atoms with E-state index in [2.05, 4.69) is 27.3 Å². The minimum Gasteiger partial charge on any atom is -0.496 e. The molecule has 2 aromatic rings. The summed E-state index contributed by atoms with van der Waals surface area (Å²) in [4.78, 5) is 0. The zero-order valence-corrected chi connectivity index (χ0v) is 12.3. The summed E-state index contributed by atoms with van der Waals surface area (Å²) in [5, 5.41) is 12.4. The van der Waals surface area contributed by atoms with Gasteiger partial charge in [-0.25, -0.2) is 0 Å². The van der Waals surface area contributed by atoms with Crippen molar-refractivity contribution in [2.45, 2.75) is 6.92 Å². The van der Waals surface area contributed by atoms with Gasteiger partial charge in [-0.3, -0.25) is 0 Å². The minimum absolute atomic E-state index is 0.631. The molecule has 0 atom stereocenters. The van der Waals surface area contributed by atoms with Crippen LogP contribution in [0.4, 0.5) is 11.4 Å². The summed E-state index contributed by atoms with van der Waals surface area (Å²) in [7, 11) is 1.63. The number of nitrogens with zero attached hydrogens (tertiary/aromatic N) is 1. The first kappa shape index (κ1) is 13.4. The van der Waals surface area contributed by atoms with Gasteiger partial charge in [-0.05, 0) is 58.7 Å². The van der Waals surface area contributed by atoms with E-state index in [9.17, 15) is 0 Å². The molecule has 2 aromatic carbocycles. The summed E-state index contributed by atoms with van der Waals surface area (Å²) < 4.78 is 6.05. The van der Waals surface area contributed by atoms with Crippen LogP contribution in [0.15, 0.2) is 40.9 Å². The molecule has 0 amide bonds. The van der Waals surface area contributed by atoms with Crippen molar-refractivity contribution in [2.24, 2.45) is 0 Å². The number of nitriles is 1. The quantitative estimate of drug-likeness (QED) is 0.913. The van der Waals surface area contributed by atoms with E-state index in [0.717, 1.165) is 27.2 Å².